The van der Waals surface area contributed by atoms with Crippen molar-refractivity contribution in [3.8, 4) is 17.2 Å². The molecule has 0 fully saturated rings. The average Bonchev–Trinajstić information content (AvgIpc) is 2.51. The Kier molecular flexibility index (Phi) is 4.62. The van der Waals surface area contributed by atoms with E-state index in [2.05, 4.69) is 0 Å². The molecule has 0 unspecified atom stereocenters. The molecular formula is C16H16F2O3. The molecular weight excluding hydrogens is 278 g/mol. The average molecular weight is 294 g/mol. The van der Waals surface area contributed by atoms with E-state index in [0.717, 1.165) is 5.56 Å². The maximum atomic E-state index is 13.8. The van der Waals surface area contributed by atoms with Gasteiger partial charge in [0.1, 0.15) is 23.9 Å². The predicted molar refractivity (Wildman–Crippen MR) is 75.0 cm³/mol. The molecule has 3 nitrogen and oxygen atoms in total. The Morgan fingerprint density at radius 3 is 2.14 bits per heavy atom. The van der Waals surface area contributed by atoms with Crippen LogP contribution in [0.3, 0.4) is 0 Å². The summed E-state index contributed by atoms with van der Waals surface area (Å²) in [7, 11) is 3.09. The van der Waals surface area contributed by atoms with E-state index in [0.29, 0.717) is 11.5 Å². The van der Waals surface area contributed by atoms with Crippen molar-refractivity contribution in [2.24, 2.45) is 0 Å². The molecule has 5 heteroatoms. The number of rotatable bonds is 5. The molecule has 2 aromatic carbocycles. The lowest BCUT2D eigenvalue weighted by Gasteiger charge is -2.11. The molecule has 0 aliphatic heterocycles. The highest BCUT2D eigenvalue weighted by Gasteiger charge is 2.11. The summed E-state index contributed by atoms with van der Waals surface area (Å²) in [4.78, 5) is 0. The number of methoxy groups -OCH3 is 2. The Bertz CT molecular complexity index is 619. The van der Waals surface area contributed by atoms with E-state index in [1.165, 1.54) is 19.1 Å². The van der Waals surface area contributed by atoms with Crippen LogP contribution >= 0.6 is 0 Å². The van der Waals surface area contributed by atoms with E-state index in [-0.39, 0.29) is 17.9 Å². The van der Waals surface area contributed by atoms with Crippen molar-refractivity contribution in [3.63, 3.8) is 0 Å². The lowest BCUT2D eigenvalue weighted by Crippen LogP contribution is -2.01. The summed E-state index contributed by atoms with van der Waals surface area (Å²) >= 11 is 0. The Morgan fingerprint density at radius 1 is 0.952 bits per heavy atom. The Morgan fingerprint density at radius 2 is 1.57 bits per heavy atom. The van der Waals surface area contributed by atoms with Gasteiger partial charge in [-0.25, -0.2) is 8.78 Å². The van der Waals surface area contributed by atoms with Crippen LogP contribution in [0.5, 0.6) is 17.2 Å². The van der Waals surface area contributed by atoms with Crippen molar-refractivity contribution in [1.29, 1.82) is 0 Å². The SMILES string of the molecule is COc1cc(COc2ccc(F)c(C)c2F)cc(OC)c1. The van der Waals surface area contributed by atoms with E-state index in [1.54, 1.807) is 32.4 Å². The monoisotopic (exact) mass is 294 g/mol. The summed E-state index contributed by atoms with van der Waals surface area (Å²) in [5, 5.41) is 0. The zero-order chi connectivity index (χ0) is 15.4. The summed E-state index contributed by atoms with van der Waals surface area (Å²) in [5.74, 6) is -0.0455. The quantitative estimate of drug-likeness (QED) is 0.838. The third-order valence-electron chi connectivity index (χ3n) is 3.09. The van der Waals surface area contributed by atoms with Crippen LogP contribution in [0.2, 0.25) is 0 Å². The highest BCUT2D eigenvalue weighted by Crippen LogP contribution is 2.26. The predicted octanol–water partition coefficient (Wildman–Crippen LogP) is 3.87. The maximum Gasteiger partial charge on any atom is 0.170 e. The van der Waals surface area contributed by atoms with E-state index >= 15 is 0 Å². The van der Waals surface area contributed by atoms with Gasteiger partial charge in [0.05, 0.1) is 14.2 Å². The van der Waals surface area contributed by atoms with Crippen LogP contribution < -0.4 is 14.2 Å². The normalized spacial score (nSPS) is 10.3. The highest BCUT2D eigenvalue weighted by atomic mass is 19.1. The van der Waals surface area contributed by atoms with Crippen LogP contribution in [0.15, 0.2) is 30.3 Å². The minimum atomic E-state index is -0.690. The first-order valence-corrected chi connectivity index (χ1v) is 6.34. The molecule has 2 rings (SSSR count). The highest BCUT2D eigenvalue weighted by molar-refractivity contribution is 5.38. The molecule has 0 amide bonds. The van der Waals surface area contributed by atoms with E-state index < -0.39 is 11.6 Å². The van der Waals surface area contributed by atoms with Crippen LogP contribution in [0.25, 0.3) is 0 Å². The van der Waals surface area contributed by atoms with Gasteiger partial charge in [-0.1, -0.05) is 0 Å². The fourth-order valence-electron chi connectivity index (χ4n) is 1.86. The van der Waals surface area contributed by atoms with Gasteiger partial charge in [-0.3, -0.25) is 0 Å². The van der Waals surface area contributed by atoms with Gasteiger partial charge >= 0.3 is 0 Å². The molecule has 0 spiro atoms. The number of benzene rings is 2. The van der Waals surface area contributed by atoms with Crippen molar-refractivity contribution < 1.29 is 23.0 Å². The summed E-state index contributed by atoms with van der Waals surface area (Å²) < 4.78 is 42.7. The molecule has 112 valence electrons. The summed E-state index contributed by atoms with van der Waals surface area (Å²) in [6, 6.07) is 7.70. The van der Waals surface area contributed by atoms with Crippen LogP contribution in [-0.4, -0.2) is 14.2 Å². The van der Waals surface area contributed by atoms with Gasteiger partial charge in [0, 0.05) is 11.6 Å². The first-order valence-electron chi connectivity index (χ1n) is 6.34. The van der Waals surface area contributed by atoms with Gasteiger partial charge in [0.25, 0.3) is 0 Å². The van der Waals surface area contributed by atoms with Crippen LogP contribution in [-0.2, 0) is 6.61 Å². The Hall–Kier alpha value is -2.30. The minimum absolute atomic E-state index is 0.00990. The van der Waals surface area contributed by atoms with Gasteiger partial charge in [-0.2, -0.15) is 0 Å². The standard InChI is InChI=1S/C16H16F2O3/c1-10-14(17)4-5-15(16(10)18)21-9-11-6-12(19-2)8-13(7-11)20-3/h4-8H,9H2,1-3H3. The van der Waals surface area contributed by atoms with Gasteiger partial charge in [0.2, 0.25) is 0 Å². The van der Waals surface area contributed by atoms with E-state index in [9.17, 15) is 8.78 Å². The largest absolute Gasteiger partial charge is 0.497 e. The second-order valence-corrected chi connectivity index (χ2v) is 4.49. The number of hydrogen-bond donors (Lipinski definition) is 0. The molecule has 0 radical (unpaired) electrons. The first kappa shape index (κ1) is 15.1. The lowest BCUT2D eigenvalue weighted by atomic mass is 10.2. The topological polar surface area (TPSA) is 27.7 Å². The van der Waals surface area contributed by atoms with Crippen LogP contribution in [0, 0.1) is 18.6 Å². The van der Waals surface area contributed by atoms with E-state index in [1.807, 2.05) is 0 Å². The third kappa shape index (κ3) is 3.42. The van der Waals surface area contributed by atoms with Gasteiger partial charge in [0.15, 0.2) is 11.6 Å². The lowest BCUT2D eigenvalue weighted by molar-refractivity contribution is 0.286. The van der Waals surface area contributed by atoms with Crippen molar-refractivity contribution in [2.45, 2.75) is 13.5 Å². The van der Waals surface area contributed by atoms with Crippen LogP contribution in [0.4, 0.5) is 8.78 Å². The van der Waals surface area contributed by atoms with Crippen molar-refractivity contribution in [1.82, 2.24) is 0 Å². The fourth-order valence-corrected chi connectivity index (χ4v) is 1.86. The van der Waals surface area contributed by atoms with Crippen molar-refractivity contribution in [2.75, 3.05) is 14.2 Å². The molecule has 0 aliphatic rings. The molecule has 2 aromatic rings. The maximum absolute atomic E-state index is 13.8. The van der Waals surface area contributed by atoms with Crippen molar-refractivity contribution in [3.05, 3.63) is 53.1 Å². The van der Waals surface area contributed by atoms with Crippen molar-refractivity contribution >= 4 is 0 Å². The number of halogens is 2. The molecule has 0 heterocycles. The zero-order valence-electron chi connectivity index (χ0n) is 12.1. The summed E-state index contributed by atoms with van der Waals surface area (Å²) in [6.07, 6.45) is 0. The second kappa shape index (κ2) is 6.43. The molecule has 0 aromatic heterocycles. The number of hydrogen-bond acceptors (Lipinski definition) is 3. The Balaban J connectivity index is 2.18. The summed E-state index contributed by atoms with van der Waals surface area (Å²) in [5.41, 5.74) is 0.698. The van der Waals surface area contributed by atoms with Crippen LogP contribution in [0.1, 0.15) is 11.1 Å². The van der Waals surface area contributed by atoms with E-state index in [4.69, 9.17) is 14.2 Å². The molecule has 0 atom stereocenters. The fraction of sp³-hybridized carbons (Fsp3) is 0.250. The molecule has 0 saturated carbocycles. The minimum Gasteiger partial charge on any atom is -0.497 e. The van der Waals surface area contributed by atoms with Gasteiger partial charge in [-0.15, -0.1) is 0 Å². The third-order valence-corrected chi connectivity index (χ3v) is 3.09. The molecule has 0 N–H and O–H groups in total. The molecule has 0 bridgehead atoms. The Labute approximate surface area is 122 Å². The zero-order valence-corrected chi connectivity index (χ0v) is 12.1. The number of ether oxygens (including phenoxy) is 3. The van der Waals surface area contributed by atoms with Gasteiger partial charge in [-0.05, 0) is 36.8 Å². The molecule has 21 heavy (non-hydrogen) atoms. The molecule has 0 aliphatic carbocycles. The molecule has 0 saturated heterocycles. The summed E-state index contributed by atoms with van der Waals surface area (Å²) in [6.45, 7) is 1.49. The first-order chi connectivity index (χ1) is 10.0. The smallest absolute Gasteiger partial charge is 0.170 e. The second-order valence-electron chi connectivity index (χ2n) is 4.49. The van der Waals surface area contributed by atoms with Gasteiger partial charge < -0.3 is 14.2 Å².